The first-order valence-electron chi connectivity index (χ1n) is 8.90. The largest absolute Gasteiger partial charge is 0.450 e. The van der Waals surface area contributed by atoms with E-state index in [2.05, 4.69) is 11.4 Å². The van der Waals surface area contributed by atoms with Crippen molar-refractivity contribution in [1.82, 2.24) is 9.97 Å². The SMILES string of the molecule is c1ccc(-c2nc(NC3CCCC3)c3oc4ccccc4c3n2)cc1. The predicted octanol–water partition coefficient (Wildman–Crippen LogP) is 5.40. The van der Waals surface area contributed by atoms with Crippen molar-refractivity contribution in [3.8, 4) is 11.4 Å². The third-order valence-electron chi connectivity index (χ3n) is 4.95. The summed E-state index contributed by atoms with van der Waals surface area (Å²) in [5, 5.41) is 4.64. The summed E-state index contributed by atoms with van der Waals surface area (Å²) in [7, 11) is 0. The Labute approximate surface area is 145 Å². The first-order chi connectivity index (χ1) is 12.4. The number of fused-ring (bicyclic) bond motifs is 3. The van der Waals surface area contributed by atoms with Gasteiger partial charge in [-0.05, 0) is 25.0 Å². The third kappa shape index (κ3) is 2.54. The zero-order valence-electron chi connectivity index (χ0n) is 13.9. The van der Waals surface area contributed by atoms with Crippen LogP contribution in [0.3, 0.4) is 0 Å². The first kappa shape index (κ1) is 14.5. The van der Waals surface area contributed by atoms with Gasteiger partial charge >= 0.3 is 0 Å². The molecule has 0 radical (unpaired) electrons. The smallest absolute Gasteiger partial charge is 0.196 e. The number of hydrogen-bond acceptors (Lipinski definition) is 4. The molecule has 5 rings (SSSR count). The minimum absolute atomic E-state index is 0.468. The van der Waals surface area contributed by atoms with Crippen molar-refractivity contribution in [1.29, 1.82) is 0 Å². The van der Waals surface area contributed by atoms with E-state index in [-0.39, 0.29) is 0 Å². The summed E-state index contributed by atoms with van der Waals surface area (Å²) in [5.74, 6) is 1.55. The van der Waals surface area contributed by atoms with Crippen LogP contribution in [-0.4, -0.2) is 16.0 Å². The Hall–Kier alpha value is -2.88. The Bertz CT molecular complexity index is 1030. The van der Waals surface area contributed by atoms with E-state index in [4.69, 9.17) is 14.4 Å². The average Bonchev–Trinajstić information content (AvgIpc) is 3.30. The fourth-order valence-corrected chi connectivity index (χ4v) is 3.67. The quantitative estimate of drug-likeness (QED) is 0.547. The zero-order valence-corrected chi connectivity index (χ0v) is 13.9. The zero-order chi connectivity index (χ0) is 16.6. The van der Waals surface area contributed by atoms with Gasteiger partial charge in [0.05, 0.1) is 0 Å². The third-order valence-corrected chi connectivity index (χ3v) is 4.95. The van der Waals surface area contributed by atoms with Crippen LogP contribution >= 0.6 is 0 Å². The molecule has 1 aliphatic carbocycles. The van der Waals surface area contributed by atoms with Crippen molar-refractivity contribution in [3.05, 3.63) is 54.6 Å². The first-order valence-corrected chi connectivity index (χ1v) is 8.90. The molecule has 0 bridgehead atoms. The number of aromatic nitrogens is 2. The van der Waals surface area contributed by atoms with Crippen molar-refractivity contribution in [2.24, 2.45) is 0 Å². The minimum Gasteiger partial charge on any atom is -0.450 e. The number of benzene rings is 2. The van der Waals surface area contributed by atoms with E-state index in [1.54, 1.807) is 0 Å². The van der Waals surface area contributed by atoms with Crippen LogP contribution in [0.1, 0.15) is 25.7 Å². The van der Waals surface area contributed by atoms with Crippen molar-refractivity contribution in [2.75, 3.05) is 5.32 Å². The fraction of sp³-hybridized carbons (Fsp3) is 0.238. The molecule has 2 aromatic carbocycles. The molecule has 0 saturated heterocycles. The van der Waals surface area contributed by atoms with Gasteiger partial charge in [-0.2, -0.15) is 0 Å². The van der Waals surface area contributed by atoms with Gasteiger partial charge in [-0.25, -0.2) is 9.97 Å². The van der Waals surface area contributed by atoms with Crippen molar-refractivity contribution >= 4 is 27.9 Å². The lowest BCUT2D eigenvalue weighted by molar-refractivity contribution is 0.662. The number of hydrogen-bond donors (Lipinski definition) is 1. The van der Waals surface area contributed by atoms with E-state index in [9.17, 15) is 0 Å². The van der Waals surface area contributed by atoms with Crippen LogP contribution in [0, 0.1) is 0 Å². The summed E-state index contributed by atoms with van der Waals surface area (Å²) in [6.07, 6.45) is 4.92. The minimum atomic E-state index is 0.468. The molecular weight excluding hydrogens is 310 g/mol. The highest BCUT2D eigenvalue weighted by atomic mass is 16.3. The van der Waals surface area contributed by atoms with Gasteiger partial charge in [-0.3, -0.25) is 0 Å². The van der Waals surface area contributed by atoms with Gasteiger partial charge in [0.25, 0.3) is 0 Å². The molecule has 0 aliphatic heterocycles. The maximum absolute atomic E-state index is 6.10. The Morgan fingerprint density at radius 3 is 2.48 bits per heavy atom. The van der Waals surface area contributed by atoms with Gasteiger partial charge < -0.3 is 9.73 Å². The lowest BCUT2D eigenvalue weighted by Gasteiger charge is -2.13. The maximum Gasteiger partial charge on any atom is 0.196 e. The number of furan rings is 1. The van der Waals surface area contributed by atoms with Crippen molar-refractivity contribution in [2.45, 2.75) is 31.7 Å². The highest BCUT2D eigenvalue weighted by Gasteiger charge is 2.20. The van der Waals surface area contributed by atoms with Gasteiger partial charge in [0.15, 0.2) is 17.2 Å². The van der Waals surface area contributed by atoms with Crippen LogP contribution in [-0.2, 0) is 0 Å². The number of nitrogens with one attached hydrogen (secondary N) is 1. The predicted molar refractivity (Wildman–Crippen MR) is 101 cm³/mol. The Balaban J connectivity index is 1.74. The molecule has 0 spiro atoms. The number of rotatable bonds is 3. The van der Waals surface area contributed by atoms with Crippen molar-refractivity contribution in [3.63, 3.8) is 0 Å². The molecule has 1 N–H and O–H groups in total. The van der Waals surface area contributed by atoms with Crippen molar-refractivity contribution < 1.29 is 4.42 Å². The second-order valence-corrected chi connectivity index (χ2v) is 6.66. The van der Waals surface area contributed by atoms with E-state index in [0.717, 1.165) is 39.3 Å². The molecule has 0 atom stereocenters. The topological polar surface area (TPSA) is 51.0 Å². The molecule has 124 valence electrons. The summed E-state index contributed by atoms with van der Waals surface area (Å²) >= 11 is 0. The van der Waals surface area contributed by atoms with Gasteiger partial charge in [-0.15, -0.1) is 0 Å². The monoisotopic (exact) mass is 329 g/mol. The van der Waals surface area contributed by atoms with Gasteiger partial charge in [0, 0.05) is 17.0 Å². The van der Waals surface area contributed by atoms with E-state index in [1.165, 1.54) is 25.7 Å². The second-order valence-electron chi connectivity index (χ2n) is 6.66. The molecule has 25 heavy (non-hydrogen) atoms. The average molecular weight is 329 g/mol. The van der Waals surface area contributed by atoms with E-state index >= 15 is 0 Å². The second kappa shape index (κ2) is 5.88. The summed E-state index contributed by atoms with van der Waals surface area (Å²) in [5.41, 5.74) is 3.51. The van der Waals surface area contributed by atoms with Gasteiger partial charge in [0.1, 0.15) is 11.1 Å². The molecule has 4 aromatic rings. The van der Waals surface area contributed by atoms with Crippen LogP contribution in [0.2, 0.25) is 0 Å². The molecular formula is C21H19N3O. The molecule has 1 fully saturated rings. The van der Waals surface area contributed by atoms with E-state index < -0.39 is 0 Å². The lowest BCUT2D eigenvalue weighted by Crippen LogP contribution is -2.16. The van der Waals surface area contributed by atoms with Crippen LogP contribution < -0.4 is 5.32 Å². The van der Waals surface area contributed by atoms with Crippen LogP contribution in [0.4, 0.5) is 5.82 Å². The Kier molecular flexibility index (Phi) is 3.40. The molecule has 4 nitrogen and oxygen atoms in total. The van der Waals surface area contributed by atoms with Crippen LogP contribution in [0.5, 0.6) is 0 Å². The standard InChI is InChI=1S/C21H19N3O/c1-2-8-14(9-3-1)20-23-18-16-12-6-7-13-17(16)25-19(18)21(24-20)22-15-10-4-5-11-15/h1-3,6-9,12-13,15H,4-5,10-11H2,(H,22,23,24). The van der Waals surface area contributed by atoms with Crippen LogP contribution in [0.15, 0.2) is 59.0 Å². The van der Waals surface area contributed by atoms with Gasteiger partial charge in [0.2, 0.25) is 0 Å². The molecule has 2 heterocycles. The van der Waals surface area contributed by atoms with Crippen LogP contribution in [0.25, 0.3) is 33.5 Å². The van der Waals surface area contributed by atoms with Gasteiger partial charge in [-0.1, -0.05) is 55.3 Å². The normalized spacial score (nSPS) is 15.2. The molecule has 4 heteroatoms. The Morgan fingerprint density at radius 2 is 1.64 bits per heavy atom. The van der Waals surface area contributed by atoms with E-state index in [1.807, 2.05) is 48.5 Å². The number of anilines is 1. The highest BCUT2D eigenvalue weighted by molar-refractivity contribution is 6.06. The maximum atomic E-state index is 6.10. The highest BCUT2D eigenvalue weighted by Crippen LogP contribution is 2.34. The summed E-state index contributed by atoms with van der Waals surface area (Å²) in [6.45, 7) is 0. The fourth-order valence-electron chi connectivity index (χ4n) is 3.67. The molecule has 0 amide bonds. The summed E-state index contributed by atoms with van der Waals surface area (Å²) in [4.78, 5) is 9.64. The number of para-hydroxylation sites is 1. The molecule has 1 saturated carbocycles. The number of nitrogens with zero attached hydrogens (tertiary/aromatic N) is 2. The summed E-state index contributed by atoms with van der Waals surface area (Å²) < 4.78 is 6.10. The lowest BCUT2D eigenvalue weighted by atomic mass is 10.2. The van der Waals surface area contributed by atoms with E-state index in [0.29, 0.717) is 6.04 Å². The molecule has 0 unspecified atom stereocenters. The summed E-state index contributed by atoms with van der Waals surface area (Å²) in [6, 6.07) is 18.6. The molecule has 1 aliphatic rings. The Morgan fingerprint density at radius 1 is 0.880 bits per heavy atom. The molecule has 2 aromatic heterocycles.